The normalized spacial score (nSPS) is 14.5. The van der Waals surface area contributed by atoms with Crippen LogP contribution < -0.4 is 48.3 Å². The molecule has 0 aliphatic heterocycles. The zero-order valence-corrected chi connectivity index (χ0v) is 39.5. The highest BCUT2D eigenvalue weighted by Gasteiger charge is 2.35. The molecule has 70 heavy (non-hydrogen) atoms. The van der Waals surface area contributed by atoms with Gasteiger partial charge in [-0.15, -0.1) is 0 Å². The number of aliphatic hydroxyl groups excluding tert-OH is 1. The summed E-state index contributed by atoms with van der Waals surface area (Å²) < 4.78 is 0. The van der Waals surface area contributed by atoms with Gasteiger partial charge in [-0.05, 0) is 48.3 Å². The van der Waals surface area contributed by atoms with Crippen LogP contribution in [-0.4, -0.2) is 163 Å². The van der Waals surface area contributed by atoms with Crippen molar-refractivity contribution in [3.63, 3.8) is 0 Å². The molecule has 0 saturated heterocycles. The highest BCUT2D eigenvalue weighted by molar-refractivity contribution is 5.99. The van der Waals surface area contributed by atoms with Crippen molar-refractivity contribution in [1.82, 2.24) is 42.5 Å². The van der Waals surface area contributed by atoms with E-state index in [1.807, 2.05) is 0 Å². The Labute approximate surface area is 401 Å². The van der Waals surface area contributed by atoms with Crippen LogP contribution in [0.25, 0.3) is 0 Å². The van der Waals surface area contributed by atoms with Crippen molar-refractivity contribution >= 4 is 71.1 Å². The Balaban J connectivity index is 3.29. The molecule has 0 heterocycles. The maximum Gasteiger partial charge on any atom is 0.326 e. The second-order valence-electron chi connectivity index (χ2n) is 17.4. The van der Waals surface area contributed by atoms with Crippen molar-refractivity contribution < 1.29 is 88.2 Å². The third kappa shape index (κ3) is 22.6. The number of nitrogens with two attached hydrogens (primary N) is 1. The minimum atomic E-state index is -1.84. The average molecular weight is 996 g/mol. The molecule has 0 aliphatic carbocycles. The lowest BCUT2D eigenvalue weighted by Gasteiger charge is -2.28. The number of aliphatic carboxylic acids is 4. The molecule has 0 saturated carbocycles. The van der Waals surface area contributed by atoms with Crippen LogP contribution in [0.4, 0.5) is 0 Å². The number of rotatable bonds is 31. The van der Waals surface area contributed by atoms with Crippen molar-refractivity contribution in [3.8, 4) is 5.75 Å². The first-order chi connectivity index (χ1) is 32.5. The van der Waals surface area contributed by atoms with Crippen LogP contribution in [0.5, 0.6) is 5.75 Å². The molecule has 16 N–H and O–H groups in total. The number of carbonyl (C=O) groups is 12. The van der Waals surface area contributed by atoms with E-state index >= 15 is 0 Å². The summed E-state index contributed by atoms with van der Waals surface area (Å²) in [6, 6.07) is -7.53. The lowest BCUT2D eigenvalue weighted by molar-refractivity contribution is -0.144. The fourth-order valence-corrected chi connectivity index (χ4v) is 6.40. The Morgan fingerprint density at radius 2 is 0.914 bits per heavy atom. The molecule has 0 spiro atoms. The molecular weight excluding hydrogens is 931 g/mol. The number of carbonyl (C=O) groups excluding carboxylic acids is 8. The third-order valence-corrected chi connectivity index (χ3v) is 9.93. The van der Waals surface area contributed by atoms with Gasteiger partial charge in [-0.25, -0.2) is 4.79 Å². The third-order valence-electron chi connectivity index (χ3n) is 9.93. The van der Waals surface area contributed by atoms with Gasteiger partial charge in [0.15, 0.2) is 0 Å². The van der Waals surface area contributed by atoms with Gasteiger partial charge in [-0.3, -0.25) is 52.7 Å². The second-order valence-corrected chi connectivity index (χ2v) is 17.4. The van der Waals surface area contributed by atoms with Crippen LogP contribution in [0.1, 0.15) is 79.2 Å². The summed E-state index contributed by atoms with van der Waals surface area (Å²) in [6.07, 6.45) is -3.25. The number of phenolic OH excluding ortho intramolecular Hbond substituents is 1. The minimum absolute atomic E-state index is 0.0323. The summed E-state index contributed by atoms with van der Waals surface area (Å²) in [4.78, 5) is 152. The predicted molar refractivity (Wildman–Crippen MR) is 242 cm³/mol. The maximum absolute atomic E-state index is 14.0. The first kappa shape index (κ1) is 60.6. The van der Waals surface area contributed by atoms with E-state index in [9.17, 15) is 83.1 Å². The van der Waals surface area contributed by atoms with E-state index in [0.717, 1.165) is 0 Å². The maximum atomic E-state index is 14.0. The molecule has 8 atom stereocenters. The number of aliphatic hydroxyl groups is 1. The number of carboxylic acids is 4. The van der Waals surface area contributed by atoms with E-state index in [-0.39, 0.29) is 36.8 Å². The molecule has 0 fully saturated rings. The summed E-state index contributed by atoms with van der Waals surface area (Å²) in [5, 5.41) is 75.0. The van der Waals surface area contributed by atoms with Gasteiger partial charge in [0, 0.05) is 6.42 Å². The molecule has 0 aromatic heterocycles. The highest BCUT2D eigenvalue weighted by atomic mass is 16.4. The Morgan fingerprint density at radius 3 is 1.37 bits per heavy atom. The van der Waals surface area contributed by atoms with E-state index in [4.69, 9.17) is 10.8 Å². The molecule has 0 radical (unpaired) electrons. The van der Waals surface area contributed by atoms with Crippen molar-refractivity contribution in [2.75, 3.05) is 13.2 Å². The number of aromatic hydroxyl groups is 1. The SMILES string of the molecule is CC(C)C[C@H](NC(=O)[C@H](CC(=O)O)NC(=O)[C@H](CO)NC(=O)CNC(=O)[C@@H](NC(=O)[C@H](Cc1ccc(O)cc1)NC(=O)[C@H](CC(C)C)NC(=O)[C@H](CC(=O)O)NC(=O)[C@@H](N)CC(=O)O)C(C)C)C(=O)O. The highest BCUT2D eigenvalue weighted by Crippen LogP contribution is 2.14. The Morgan fingerprint density at radius 1 is 0.500 bits per heavy atom. The van der Waals surface area contributed by atoms with Gasteiger partial charge in [0.2, 0.25) is 47.3 Å². The van der Waals surface area contributed by atoms with Crippen molar-refractivity contribution in [1.29, 1.82) is 0 Å². The number of carboxylic acid groups (broad SMARTS) is 4. The van der Waals surface area contributed by atoms with Gasteiger partial charge in [-0.1, -0.05) is 53.7 Å². The van der Waals surface area contributed by atoms with Gasteiger partial charge in [0.25, 0.3) is 0 Å². The van der Waals surface area contributed by atoms with Gasteiger partial charge in [-0.2, -0.15) is 0 Å². The summed E-state index contributed by atoms with van der Waals surface area (Å²) in [7, 11) is 0. The molecule has 1 rings (SSSR count). The Kier molecular flexibility index (Phi) is 25.5. The topological polar surface area (TPSA) is 448 Å². The van der Waals surface area contributed by atoms with Gasteiger partial charge in [0.1, 0.15) is 48.0 Å². The lowest BCUT2D eigenvalue weighted by Crippen LogP contribution is -2.60. The van der Waals surface area contributed by atoms with E-state index in [1.54, 1.807) is 27.7 Å². The van der Waals surface area contributed by atoms with Crippen molar-refractivity contribution in [3.05, 3.63) is 29.8 Å². The fraction of sp³-hybridized carbons (Fsp3) is 0.581. The number of phenols is 1. The second kappa shape index (κ2) is 29.5. The molecule has 0 bridgehead atoms. The van der Waals surface area contributed by atoms with Gasteiger partial charge >= 0.3 is 23.9 Å². The lowest BCUT2D eigenvalue weighted by atomic mass is 9.99. The number of benzene rings is 1. The molecule has 0 unspecified atom stereocenters. The number of amides is 8. The molecular formula is C43H65N9O18. The molecule has 27 nitrogen and oxygen atoms in total. The zero-order valence-electron chi connectivity index (χ0n) is 39.5. The Bertz CT molecular complexity index is 2050. The number of hydrogen-bond donors (Lipinski definition) is 15. The molecule has 27 heteroatoms. The quantitative estimate of drug-likeness (QED) is 0.0337. The molecule has 390 valence electrons. The summed E-state index contributed by atoms with van der Waals surface area (Å²) in [5.41, 5.74) is 5.96. The number of nitrogens with one attached hydrogen (secondary N) is 8. The molecule has 0 aliphatic rings. The summed E-state index contributed by atoms with van der Waals surface area (Å²) >= 11 is 0. The molecule has 1 aromatic rings. The minimum Gasteiger partial charge on any atom is -0.508 e. The smallest absolute Gasteiger partial charge is 0.326 e. The van der Waals surface area contributed by atoms with Crippen molar-refractivity contribution in [2.24, 2.45) is 23.5 Å². The van der Waals surface area contributed by atoms with E-state index < -0.39 is 158 Å². The molecule has 1 aromatic carbocycles. The first-order valence-electron chi connectivity index (χ1n) is 22.0. The van der Waals surface area contributed by atoms with E-state index in [2.05, 4.69) is 42.5 Å². The standard InChI is InChI=1S/C43H65N9O18/c1-19(2)11-25(48-38(64)27(15-33(58)59)47-36(62)24(44)14-32(56)57)37(63)49-26(13-22-7-9-23(54)10-8-22)40(66)52-35(21(5)6)42(68)45-17-31(55)46-30(18-53)41(67)50-28(16-34(60)61)39(65)51-29(43(69)70)12-20(3)4/h7-10,19-21,24-30,35,53-54H,11-18,44H2,1-6H3,(H,45,68)(H,46,55)(H,47,62)(H,48,64)(H,49,63)(H,50,67)(H,51,65)(H,52,66)(H,56,57)(H,58,59)(H,60,61)(H,69,70)/t24-,25-,26-,27-,28-,29-,30-,35-/m0/s1. The Hall–Kier alpha value is -7.42. The predicted octanol–water partition coefficient (Wildman–Crippen LogP) is -3.98. The van der Waals surface area contributed by atoms with Crippen LogP contribution >= 0.6 is 0 Å². The monoisotopic (exact) mass is 995 g/mol. The zero-order chi connectivity index (χ0) is 53.6. The fourth-order valence-electron chi connectivity index (χ4n) is 6.40. The van der Waals surface area contributed by atoms with Crippen LogP contribution in [0, 0.1) is 17.8 Å². The van der Waals surface area contributed by atoms with Crippen LogP contribution in [0.2, 0.25) is 0 Å². The van der Waals surface area contributed by atoms with Crippen LogP contribution in [0.15, 0.2) is 24.3 Å². The summed E-state index contributed by atoms with van der Waals surface area (Å²) in [6.45, 7) is 7.79. The van der Waals surface area contributed by atoms with Gasteiger partial charge < -0.3 is 78.9 Å². The van der Waals surface area contributed by atoms with E-state index in [1.165, 1.54) is 38.1 Å². The molecule has 8 amide bonds. The van der Waals surface area contributed by atoms with Crippen LogP contribution in [-0.2, 0) is 64.0 Å². The van der Waals surface area contributed by atoms with E-state index in [0.29, 0.717) is 5.56 Å². The van der Waals surface area contributed by atoms with Crippen molar-refractivity contribution in [2.45, 2.75) is 128 Å². The largest absolute Gasteiger partial charge is 0.508 e. The van der Waals surface area contributed by atoms with Gasteiger partial charge in [0.05, 0.1) is 38.5 Å². The number of hydrogen-bond acceptors (Lipinski definition) is 15. The van der Waals surface area contributed by atoms with Crippen LogP contribution in [0.3, 0.4) is 0 Å². The average Bonchev–Trinajstić information content (AvgIpc) is 3.24. The summed E-state index contributed by atoms with van der Waals surface area (Å²) in [5.74, 6) is -16.0. The first-order valence-corrected chi connectivity index (χ1v) is 22.0.